The summed E-state index contributed by atoms with van der Waals surface area (Å²) in [5, 5.41) is 10.6. The molecule has 0 spiro atoms. The van der Waals surface area contributed by atoms with Gasteiger partial charge in [0.05, 0.1) is 13.5 Å². The predicted octanol–water partition coefficient (Wildman–Crippen LogP) is 2.99. The Morgan fingerprint density at radius 3 is 2.35 bits per heavy atom. The second-order valence-corrected chi connectivity index (χ2v) is 5.60. The molecule has 0 saturated heterocycles. The molecular weight excluding hydrogens is 334 g/mol. The summed E-state index contributed by atoms with van der Waals surface area (Å²) in [6.07, 6.45) is 0.551. The van der Waals surface area contributed by atoms with E-state index in [2.05, 4.69) is 15.5 Å². The van der Waals surface area contributed by atoms with Crippen LogP contribution in [0.2, 0.25) is 0 Å². The zero-order valence-electron chi connectivity index (χ0n) is 14.6. The lowest BCUT2D eigenvalue weighted by Crippen LogP contribution is -2.20. The van der Waals surface area contributed by atoms with Crippen molar-refractivity contribution < 1.29 is 18.7 Å². The lowest BCUT2D eigenvalue weighted by molar-refractivity contribution is -0.118. The summed E-state index contributed by atoms with van der Waals surface area (Å²) in [4.78, 5) is 12.0. The second-order valence-electron chi connectivity index (χ2n) is 5.60. The first kappa shape index (κ1) is 17.5. The summed E-state index contributed by atoms with van der Waals surface area (Å²) < 4.78 is 15.9. The number of amides is 1. The average Bonchev–Trinajstić information content (AvgIpc) is 3.07. The van der Waals surface area contributed by atoms with Crippen molar-refractivity contribution in [3.05, 3.63) is 65.9 Å². The molecule has 3 aromatic rings. The van der Waals surface area contributed by atoms with Crippen LogP contribution in [0.3, 0.4) is 0 Å². The number of rotatable bonds is 7. The monoisotopic (exact) mass is 353 g/mol. The Labute approximate surface area is 151 Å². The van der Waals surface area contributed by atoms with E-state index in [1.54, 1.807) is 38.3 Å². The molecule has 0 saturated carbocycles. The smallest absolute Gasteiger partial charge is 0.262 e. The van der Waals surface area contributed by atoms with Gasteiger partial charge in [-0.15, -0.1) is 10.2 Å². The van der Waals surface area contributed by atoms with E-state index in [1.165, 1.54) is 0 Å². The lowest BCUT2D eigenvalue weighted by Gasteiger charge is -2.08. The maximum atomic E-state index is 12.0. The number of benzene rings is 2. The number of ether oxygens (including phenoxy) is 2. The van der Waals surface area contributed by atoms with Crippen LogP contribution >= 0.6 is 0 Å². The van der Waals surface area contributed by atoms with Gasteiger partial charge in [-0.1, -0.05) is 12.1 Å². The first-order valence-corrected chi connectivity index (χ1v) is 8.07. The van der Waals surface area contributed by atoms with Gasteiger partial charge < -0.3 is 19.2 Å². The number of methoxy groups -OCH3 is 1. The van der Waals surface area contributed by atoms with Gasteiger partial charge >= 0.3 is 0 Å². The summed E-state index contributed by atoms with van der Waals surface area (Å²) in [5.41, 5.74) is 1.71. The zero-order valence-corrected chi connectivity index (χ0v) is 14.6. The van der Waals surface area contributed by atoms with Gasteiger partial charge in [0.2, 0.25) is 11.8 Å². The van der Waals surface area contributed by atoms with Crippen LogP contribution in [-0.2, 0) is 11.2 Å². The van der Waals surface area contributed by atoms with Crippen molar-refractivity contribution in [3.63, 3.8) is 0 Å². The largest absolute Gasteiger partial charge is 0.497 e. The van der Waals surface area contributed by atoms with Gasteiger partial charge in [-0.2, -0.15) is 0 Å². The van der Waals surface area contributed by atoms with Gasteiger partial charge in [0.1, 0.15) is 11.5 Å². The molecule has 3 rings (SSSR count). The van der Waals surface area contributed by atoms with E-state index in [0.717, 1.165) is 11.3 Å². The first-order valence-electron chi connectivity index (χ1n) is 8.07. The predicted molar refractivity (Wildman–Crippen MR) is 95.4 cm³/mol. The fraction of sp³-hybridized carbons (Fsp3) is 0.211. The SMILES string of the molecule is COc1ccc(OCC(=O)Nc2ccc(Cc3nnc(C)o3)cc2)cc1. The highest BCUT2D eigenvalue weighted by atomic mass is 16.5. The molecule has 134 valence electrons. The number of hydrogen-bond donors (Lipinski definition) is 1. The van der Waals surface area contributed by atoms with Crippen LogP contribution in [0.1, 0.15) is 17.3 Å². The van der Waals surface area contributed by atoms with Crippen molar-refractivity contribution in [2.75, 3.05) is 19.0 Å². The normalized spacial score (nSPS) is 10.4. The summed E-state index contributed by atoms with van der Waals surface area (Å²) in [6.45, 7) is 1.68. The minimum Gasteiger partial charge on any atom is -0.497 e. The number of aromatic nitrogens is 2. The first-order chi connectivity index (χ1) is 12.6. The quantitative estimate of drug-likeness (QED) is 0.703. The maximum absolute atomic E-state index is 12.0. The highest BCUT2D eigenvalue weighted by molar-refractivity contribution is 5.91. The molecule has 1 N–H and O–H groups in total. The fourth-order valence-electron chi connectivity index (χ4n) is 2.31. The second kappa shape index (κ2) is 8.15. The van der Waals surface area contributed by atoms with Gasteiger partial charge in [0, 0.05) is 12.6 Å². The van der Waals surface area contributed by atoms with Gasteiger partial charge in [0.15, 0.2) is 6.61 Å². The van der Waals surface area contributed by atoms with E-state index in [0.29, 0.717) is 29.6 Å². The standard InChI is InChI=1S/C19H19N3O4/c1-13-21-22-19(26-13)11-14-3-5-15(6-4-14)20-18(23)12-25-17-9-7-16(24-2)8-10-17/h3-10H,11-12H2,1-2H3,(H,20,23). The van der Waals surface area contributed by atoms with Crippen LogP contribution < -0.4 is 14.8 Å². The highest BCUT2D eigenvalue weighted by Gasteiger charge is 2.06. The Balaban J connectivity index is 1.49. The van der Waals surface area contributed by atoms with Crippen LogP contribution in [0.5, 0.6) is 11.5 Å². The van der Waals surface area contributed by atoms with Gasteiger partial charge in [-0.25, -0.2) is 0 Å². The molecule has 1 aromatic heterocycles. The van der Waals surface area contributed by atoms with E-state index in [9.17, 15) is 4.79 Å². The highest BCUT2D eigenvalue weighted by Crippen LogP contribution is 2.17. The van der Waals surface area contributed by atoms with Crippen molar-refractivity contribution in [2.24, 2.45) is 0 Å². The van der Waals surface area contributed by atoms with Crippen molar-refractivity contribution in [3.8, 4) is 11.5 Å². The number of carbonyl (C=O) groups excluding carboxylic acids is 1. The molecule has 26 heavy (non-hydrogen) atoms. The lowest BCUT2D eigenvalue weighted by atomic mass is 10.1. The number of aryl methyl sites for hydroxylation is 1. The number of anilines is 1. The molecule has 7 heteroatoms. The van der Waals surface area contributed by atoms with E-state index in [-0.39, 0.29) is 12.5 Å². The van der Waals surface area contributed by atoms with E-state index < -0.39 is 0 Å². The minimum atomic E-state index is -0.235. The van der Waals surface area contributed by atoms with E-state index in [1.807, 2.05) is 24.3 Å². The molecule has 0 aliphatic heterocycles. The van der Waals surface area contributed by atoms with Crippen LogP contribution in [-0.4, -0.2) is 29.8 Å². The Bertz CT molecular complexity index is 857. The third-order valence-corrected chi connectivity index (χ3v) is 3.59. The molecular formula is C19H19N3O4. The maximum Gasteiger partial charge on any atom is 0.262 e. The van der Waals surface area contributed by atoms with Gasteiger partial charge in [0.25, 0.3) is 5.91 Å². The van der Waals surface area contributed by atoms with Crippen molar-refractivity contribution in [2.45, 2.75) is 13.3 Å². The minimum absolute atomic E-state index is 0.0741. The van der Waals surface area contributed by atoms with Gasteiger partial charge in [-0.3, -0.25) is 4.79 Å². The zero-order chi connectivity index (χ0) is 18.4. The Morgan fingerprint density at radius 2 is 1.73 bits per heavy atom. The Morgan fingerprint density at radius 1 is 1.04 bits per heavy atom. The van der Waals surface area contributed by atoms with E-state index >= 15 is 0 Å². The Hall–Kier alpha value is -3.35. The van der Waals surface area contributed by atoms with Crippen LogP contribution in [0.15, 0.2) is 52.9 Å². The topological polar surface area (TPSA) is 86.5 Å². The molecule has 7 nitrogen and oxygen atoms in total. The number of nitrogens with zero attached hydrogens (tertiary/aromatic N) is 2. The number of hydrogen-bond acceptors (Lipinski definition) is 6. The molecule has 0 unspecified atom stereocenters. The summed E-state index contributed by atoms with van der Waals surface area (Å²) >= 11 is 0. The number of carbonyl (C=O) groups is 1. The molecule has 2 aromatic carbocycles. The average molecular weight is 353 g/mol. The third-order valence-electron chi connectivity index (χ3n) is 3.59. The summed E-state index contributed by atoms with van der Waals surface area (Å²) in [6, 6.07) is 14.5. The third kappa shape index (κ3) is 4.83. The van der Waals surface area contributed by atoms with E-state index in [4.69, 9.17) is 13.9 Å². The summed E-state index contributed by atoms with van der Waals surface area (Å²) in [5.74, 6) is 2.21. The molecule has 0 aliphatic carbocycles. The van der Waals surface area contributed by atoms with Gasteiger partial charge in [-0.05, 0) is 42.0 Å². The van der Waals surface area contributed by atoms with Crippen molar-refractivity contribution in [1.82, 2.24) is 10.2 Å². The van der Waals surface area contributed by atoms with Crippen LogP contribution in [0.25, 0.3) is 0 Å². The van der Waals surface area contributed by atoms with Crippen LogP contribution in [0, 0.1) is 6.92 Å². The molecule has 0 aliphatic rings. The molecule has 1 amide bonds. The van der Waals surface area contributed by atoms with Crippen molar-refractivity contribution >= 4 is 11.6 Å². The molecule has 0 bridgehead atoms. The number of nitrogens with one attached hydrogen (secondary N) is 1. The van der Waals surface area contributed by atoms with Crippen LogP contribution in [0.4, 0.5) is 5.69 Å². The van der Waals surface area contributed by atoms with Crippen molar-refractivity contribution in [1.29, 1.82) is 0 Å². The fourth-order valence-corrected chi connectivity index (χ4v) is 2.31. The Kier molecular flexibility index (Phi) is 5.48. The summed E-state index contributed by atoms with van der Waals surface area (Å²) in [7, 11) is 1.59. The molecule has 0 radical (unpaired) electrons. The molecule has 0 atom stereocenters. The molecule has 0 fully saturated rings. The molecule has 1 heterocycles.